The minimum absolute atomic E-state index is 0. The van der Waals surface area contributed by atoms with Gasteiger partial charge in [-0.2, -0.15) is 5.10 Å². The summed E-state index contributed by atoms with van der Waals surface area (Å²) in [7, 11) is 3.66. The van der Waals surface area contributed by atoms with E-state index < -0.39 is 0 Å². The fourth-order valence-corrected chi connectivity index (χ4v) is 3.68. The lowest BCUT2D eigenvalue weighted by atomic mass is 10.0. The van der Waals surface area contributed by atoms with E-state index in [9.17, 15) is 4.79 Å². The summed E-state index contributed by atoms with van der Waals surface area (Å²) in [6.07, 6.45) is 7.20. The van der Waals surface area contributed by atoms with E-state index in [1.807, 2.05) is 19.3 Å². The van der Waals surface area contributed by atoms with Gasteiger partial charge in [-0.3, -0.25) is 14.4 Å². The fraction of sp³-hybridized carbons (Fsp3) is 0.500. The second kappa shape index (κ2) is 12.1. The minimum atomic E-state index is -0.366. The van der Waals surface area contributed by atoms with Crippen LogP contribution in [0.2, 0.25) is 0 Å². The van der Waals surface area contributed by atoms with Crippen LogP contribution in [0, 0.1) is 0 Å². The summed E-state index contributed by atoms with van der Waals surface area (Å²) >= 11 is 0. The average molecular weight is 428 g/mol. The second-order valence-electron chi connectivity index (χ2n) is 7.02. The molecule has 1 fully saturated rings. The van der Waals surface area contributed by atoms with E-state index in [0.29, 0.717) is 12.6 Å². The summed E-state index contributed by atoms with van der Waals surface area (Å²) in [6.45, 7) is 2.72. The Morgan fingerprint density at radius 3 is 2.64 bits per heavy atom. The Morgan fingerprint density at radius 1 is 1.25 bits per heavy atom. The van der Waals surface area contributed by atoms with Crippen LogP contribution < -0.4 is 10.6 Å². The zero-order chi connectivity index (χ0) is 18.4. The number of likely N-dealkylation sites (tertiary alicyclic amines) is 1. The number of aromatic nitrogens is 2. The number of rotatable bonds is 7. The van der Waals surface area contributed by atoms with Gasteiger partial charge >= 0.3 is 0 Å². The Labute approximate surface area is 179 Å². The normalized spacial score (nSPS) is 17.9. The number of likely N-dealkylation sites (N-methyl/N-ethyl adjacent to an activating group) is 1. The Kier molecular flexibility index (Phi) is 10.5. The number of carbonyl (C=O) groups excluding carboxylic acids is 1. The van der Waals surface area contributed by atoms with Gasteiger partial charge in [0.25, 0.3) is 0 Å². The van der Waals surface area contributed by atoms with Crippen LogP contribution in [0.15, 0.2) is 42.7 Å². The molecule has 2 unspecified atom stereocenters. The number of nitrogens with zero attached hydrogens (tertiary/aromatic N) is 3. The van der Waals surface area contributed by atoms with Gasteiger partial charge in [0.05, 0.1) is 6.20 Å². The van der Waals surface area contributed by atoms with E-state index in [-0.39, 0.29) is 36.8 Å². The predicted molar refractivity (Wildman–Crippen MR) is 117 cm³/mol. The first-order valence-corrected chi connectivity index (χ1v) is 9.39. The lowest BCUT2D eigenvalue weighted by molar-refractivity contribution is -0.123. The van der Waals surface area contributed by atoms with E-state index >= 15 is 0 Å². The molecule has 1 aromatic heterocycles. The molecule has 0 saturated carbocycles. The van der Waals surface area contributed by atoms with Crippen molar-refractivity contribution in [1.82, 2.24) is 25.3 Å². The number of hydrogen-bond donors (Lipinski definition) is 2. The average Bonchev–Trinajstić information content (AvgIpc) is 3.08. The van der Waals surface area contributed by atoms with Crippen molar-refractivity contribution in [3.05, 3.63) is 53.9 Å². The van der Waals surface area contributed by atoms with Gasteiger partial charge in [-0.1, -0.05) is 36.8 Å². The monoisotopic (exact) mass is 427 g/mol. The third-order valence-electron chi connectivity index (χ3n) is 5.10. The summed E-state index contributed by atoms with van der Waals surface area (Å²) in [5, 5.41) is 10.4. The van der Waals surface area contributed by atoms with Crippen molar-refractivity contribution in [2.45, 2.75) is 37.9 Å². The van der Waals surface area contributed by atoms with E-state index in [1.54, 1.807) is 17.9 Å². The molecule has 2 atom stereocenters. The van der Waals surface area contributed by atoms with Crippen LogP contribution in [0.25, 0.3) is 0 Å². The lowest BCUT2D eigenvalue weighted by Crippen LogP contribution is -2.48. The smallest absolute Gasteiger partial charge is 0.241 e. The molecule has 1 aliphatic heterocycles. The summed E-state index contributed by atoms with van der Waals surface area (Å²) in [6, 6.07) is 10.6. The molecular weight excluding hydrogens is 397 g/mol. The van der Waals surface area contributed by atoms with Gasteiger partial charge in [-0.15, -0.1) is 24.8 Å². The SMILES string of the molecule is CNC(C(=O)NCC1CCCCN1Cc1ccccc1)c1cnn(C)c1.Cl.Cl. The van der Waals surface area contributed by atoms with Gasteiger partial charge in [0.1, 0.15) is 6.04 Å². The van der Waals surface area contributed by atoms with Gasteiger partial charge in [0, 0.05) is 37.9 Å². The molecule has 156 valence electrons. The maximum atomic E-state index is 12.7. The van der Waals surface area contributed by atoms with Crippen LogP contribution >= 0.6 is 24.8 Å². The van der Waals surface area contributed by atoms with Crippen molar-refractivity contribution < 1.29 is 4.79 Å². The van der Waals surface area contributed by atoms with Crippen LogP contribution in [0.1, 0.15) is 36.4 Å². The van der Waals surface area contributed by atoms with Crippen molar-refractivity contribution in [2.75, 3.05) is 20.1 Å². The van der Waals surface area contributed by atoms with Crippen LogP contribution in [-0.4, -0.2) is 46.8 Å². The second-order valence-corrected chi connectivity index (χ2v) is 7.02. The summed E-state index contributed by atoms with van der Waals surface area (Å²) < 4.78 is 1.72. The molecule has 1 aliphatic rings. The van der Waals surface area contributed by atoms with Crippen molar-refractivity contribution in [3.63, 3.8) is 0 Å². The van der Waals surface area contributed by atoms with E-state index in [0.717, 1.165) is 25.1 Å². The highest BCUT2D eigenvalue weighted by Gasteiger charge is 2.25. The van der Waals surface area contributed by atoms with E-state index in [2.05, 4.69) is 44.9 Å². The first-order chi connectivity index (χ1) is 12.7. The van der Waals surface area contributed by atoms with Crippen molar-refractivity contribution in [3.8, 4) is 0 Å². The molecule has 1 aromatic carbocycles. The van der Waals surface area contributed by atoms with Crippen LogP contribution in [0.5, 0.6) is 0 Å². The molecule has 8 heteroatoms. The van der Waals surface area contributed by atoms with Crippen molar-refractivity contribution in [2.24, 2.45) is 7.05 Å². The number of carbonyl (C=O) groups is 1. The summed E-state index contributed by atoms with van der Waals surface area (Å²) in [5.41, 5.74) is 2.21. The molecule has 1 saturated heterocycles. The number of halogens is 2. The van der Waals surface area contributed by atoms with E-state index in [4.69, 9.17) is 0 Å². The number of amides is 1. The number of benzene rings is 1. The largest absolute Gasteiger partial charge is 0.353 e. The van der Waals surface area contributed by atoms with Crippen LogP contribution in [0.3, 0.4) is 0 Å². The molecule has 2 aromatic rings. The molecule has 0 aliphatic carbocycles. The van der Waals surface area contributed by atoms with E-state index in [1.165, 1.54) is 18.4 Å². The van der Waals surface area contributed by atoms with Gasteiger partial charge in [-0.25, -0.2) is 0 Å². The van der Waals surface area contributed by atoms with Crippen molar-refractivity contribution in [1.29, 1.82) is 0 Å². The van der Waals surface area contributed by atoms with Crippen LogP contribution in [0.4, 0.5) is 0 Å². The fourth-order valence-electron chi connectivity index (χ4n) is 3.68. The Hall–Kier alpha value is -1.60. The Bertz CT molecular complexity index is 710. The zero-order valence-electron chi connectivity index (χ0n) is 16.5. The Balaban J connectivity index is 0.00000196. The molecule has 2 N–H and O–H groups in total. The predicted octanol–water partition coefficient (Wildman–Crippen LogP) is 2.70. The zero-order valence-corrected chi connectivity index (χ0v) is 18.1. The summed E-state index contributed by atoms with van der Waals surface area (Å²) in [4.78, 5) is 15.2. The van der Waals surface area contributed by atoms with Crippen LogP contribution in [-0.2, 0) is 18.4 Å². The summed E-state index contributed by atoms with van der Waals surface area (Å²) in [5.74, 6) is 0.00531. The first-order valence-electron chi connectivity index (χ1n) is 9.39. The highest BCUT2D eigenvalue weighted by molar-refractivity contribution is 5.85. The minimum Gasteiger partial charge on any atom is -0.353 e. The lowest BCUT2D eigenvalue weighted by Gasteiger charge is -2.36. The third kappa shape index (κ3) is 6.48. The number of piperidine rings is 1. The van der Waals surface area contributed by atoms with Gasteiger partial charge in [0.2, 0.25) is 5.91 Å². The maximum absolute atomic E-state index is 12.7. The van der Waals surface area contributed by atoms with Gasteiger partial charge in [0.15, 0.2) is 0 Å². The molecule has 3 rings (SSSR count). The number of nitrogens with one attached hydrogen (secondary N) is 2. The molecular formula is C20H31Cl2N5O. The highest BCUT2D eigenvalue weighted by atomic mass is 35.5. The van der Waals surface area contributed by atoms with Gasteiger partial charge in [-0.05, 0) is 32.0 Å². The van der Waals surface area contributed by atoms with Crippen molar-refractivity contribution >= 4 is 30.7 Å². The Morgan fingerprint density at radius 2 is 2.00 bits per heavy atom. The third-order valence-corrected chi connectivity index (χ3v) is 5.10. The molecule has 6 nitrogen and oxygen atoms in total. The maximum Gasteiger partial charge on any atom is 0.241 e. The van der Waals surface area contributed by atoms with Gasteiger partial charge < -0.3 is 10.6 Å². The molecule has 2 heterocycles. The number of hydrogen-bond acceptors (Lipinski definition) is 4. The topological polar surface area (TPSA) is 62.2 Å². The molecule has 0 radical (unpaired) electrons. The standard InChI is InChI=1S/C20H29N5O.2ClH/c1-21-19(17-12-23-24(2)15-17)20(26)22-13-18-10-6-7-11-25(18)14-16-8-4-3-5-9-16;;/h3-5,8-9,12,15,18-19,21H,6-7,10-11,13-14H2,1-2H3,(H,22,26);2*1H. The highest BCUT2D eigenvalue weighted by Crippen LogP contribution is 2.19. The quantitative estimate of drug-likeness (QED) is 0.712. The molecule has 1 amide bonds. The number of aryl methyl sites for hydroxylation is 1. The molecule has 28 heavy (non-hydrogen) atoms. The first kappa shape index (κ1) is 24.4. The molecule has 0 bridgehead atoms. The molecule has 0 spiro atoms.